The summed E-state index contributed by atoms with van der Waals surface area (Å²) in [5.41, 5.74) is 1.92. The van der Waals surface area contributed by atoms with Gasteiger partial charge in [0.15, 0.2) is 5.76 Å². The monoisotopic (exact) mass is 448 g/mol. The fourth-order valence-corrected chi connectivity index (χ4v) is 3.97. The molecule has 4 nitrogen and oxygen atoms in total. The Labute approximate surface area is 184 Å². The van der Waals surface area contributed by atoms with Crippen LogP contribution in [-0.2, 0) is 6.54 Å². The smallest absolute Gasteiger partial charge is 0.289 e. The minimum absolute atomic E-state index is 0.0885. The number of benzene rings is 2. The molecule has 29 heavy (non-hydrogen) atoms. The number of hydrogen-bond donors (Lipinski definition) is 0. The third-order valence-corrected chi connectivity index (χ3v) is 5.85. The topological polar surface area (TPSA) is 36.7 Å². The maximum atomic E-state index is 12.8. The summed E-state index contributed by atoms with van der Waals surface area (Å²) in [6.07, 6.45) is 0. The second-order valence-electron chi connectivity index (χ2n) is 6.97. The van der Waals surface area contributed by atoms with Crippen LogP contribution in [0.4, 0.5) is 0 Å². The first-order valence-corrected chi connectivity index (χ1v) is 10.4. The Kier molecular flexibility index (Phi) is 6.16. The van der Waals surface area contributed by atoms with E-state index in [1.54, 1.807) is 24.3 Å². The van der Waals surface area contributed by atoms with E-state index in [1.165, 1.54) is 0 Å². The Morgan fingerprint density at radius 3 is 2.24 bits per heavy atom. The number of rotatable bonds is 4. The summed E-state index contributed by atoms with van der Waals surface area (Å²) in [6.45, 7) is 3.56. The third kappa shape index (κ3) is 4.78. The first-order chi connectivity index (χ1) is 14.0. The van der Waals surface area contributed by atoms with Crippen molar-refractivity contribution in [1.82, 2.24) is 9.80 Å². The number of carbonyl (C=O) groups is 1. The van der Waals surface area contributed by atoms with E-state index in [9.17, 15) is 4.79 Å². The molecule has 0 spiro atoms. The molecular formula is C22H19Cl3N2O2. The van der Waals surface area contributed by atoms with Crippen LogP contribution in [0.2, 0.25) is 15.1 Å². The second-order valence-corrected chi connectivity index (χ2v) is 8.25. The van der Waals surface area contributed by atoms with Gasteiger partial charge in [0.25, 0.3) is 5.91 Å². The third-order valence-electron chi connectivity index (χ3n) is 5.01. The normalized spacial score (nSPS) is 14.9. The highest BCUT2D eigenvalue weighted by atomic mass is 35.5. The molecule has 1 aliphatic rings. The molecule has 2 aromatic carbocycles. The van der Waals surface area contributed by atoms with Gasteiger partial charge in [-0.05, 0) is 54.1 Å². The van der Waals surface area contributed by atoms with Crippen molar-refractivity contribution in [3.05, 3.63) is 81.0 Å². The van der Waals surface area contributed by atoms with E-state index in [1.807, 2.05) is 35.2 Å². The Hall–Kier alpha value is -1.98. The molecule has 1 aromatic heterocycles. The summed E-state index contributed by atoms with van der Waals surface area (Å²) < 4.78 is 5.80. The standard InChI is InChI=1S/C22H19Cl3N2O2/c23-17-4-1-15(2-5-17)20-7-8-21(29-20)22(28)27-11-9-26(10-12-27)14-16-3-6-18(24)13-19(16)25/h1-8,13H,9-12,14H2. The van der Waals surface area contributed by atoms with Crippen LogP contribution in [0.3, 0.4) is 0 Å². The van der Waals surface area contributed by atoms with Crippen molar-refractivity contribution in [2.75, 3.05) is 26.2 Å². The molecule has 0 bridgehead atoms. The van der Waals surface area contributed by atoms with Crippen LogP contribution in [0.1, 0.15) is 16.1 Å². The van der Waals surface area contributed by atoms with Crippen LogP contribution in [0.15, 0.2) is 59.0 Å². The lowest BCUT2D eigenvalue weighted by atomic mass is 10.2. The fourth-order valence-electron chi connectivity index (χ4n) is 3.38. The molecule has 1 aliphatic heterocycles. The SMILES string of the molecule is O=C(c1ccc(-c2ccc(Cl)cc2)o1)N1CCN(Cc2ccc(Cl)cc2Cl)CC1. The van der Waals surface area contributed by atoms with Gasteiger partial charge in [0.05, 0.1) is 0 Å². The molecule has 1 saturated heterocycles. The minimum Gasteiger partial charge on any atom is -0.451 e. The van der Waals surface area contributed by atoms with E-state index in [4.69, 9.17) is 39.2 Å². The van der Waals surface area contributed by atoms with Gasteiger partial charge in [0, 0.05) is 53.4 Å². The summed E-state index contributed by atoms with van der Waals surface area (Å²) in [5, 5.41) is 1.96. The highest BCUT2D eigenvalue weighted by molar-refractivity contribution is 6.35. The van der Waals surface area contributed by atoms with Crippen LogP contribution in [-0.4, -0.2) is 41.9 Å². The minimum atomic E-state index is -0.0885. The second kappa shape index (κ2) is 8.80. The number of piperazine rings is 1. The van der Waals surface area contributed by atoms with E-state index < -0.39 is 0 Å². The molecular weight excluding hydrogens is 431 g/mol. The van der Waals surface area contributed by atoms with Crippen molar-refractivity contribution in [3.63, 3.8) is 0 Å². The predicted molar refractivity (Wildman–Crippen MR) is 117 cm³/mol. The fraction of sp³-hybridized carbons (Fsp3) is 0.227. The van der Waals surface area contributed by atoms with Gasteiger partial charge in [-0.15, -0.1) is 0 Å². The number of hydrogen-bond acceptors (Lipinski definition) is 3. The van der Waals surface area contributed by atoms with Gasteiger partial charge in [-0.1, -0.05) is 40.9 Å². The van der Waals surface area contributed by atoms with Gasteiger partial charge in [-0.3, -0.25) is 9.69 Å². The molecule has 1 amide bonds. The van der Waals surface area contributed by atoms with Crippen LogP contribution in [0, 0.1) is 0 Å². The lowest BCUT2D eigenvalue weighted by Gasteiger charge is -2.34. The number of amides is 1. The molecule has 2 heterocycles. The van der Waals surface area contributed by atoms with Crippen molar-refractivity contribution >= 4 is 40.7 Å². The predicted octanol–water partition coefficient (Wildman–Crippen LogP) is 5.86. The van der Waals surface area contributed by atoms with Crippen molar-refractivity contribution in [2.24, 2.45) is 0 Å². The molecule has 0 radical (unpaired) electrons. The van der Waals surface area contributed by atoms with Gasteiger partial charge in [0.1, 0.15) is 5.76 Å². The zero-order chi connectivity index (χ0) is 20.4. The number of halogens is 3. The zero-order valence-electron chi connectivity index (χ0n) is 15.6. The summed E-state index contributed by atoms with van der Waals surface area (Å²) in [4.78, 5) is 16.9. The highest BCUT2D eigenvalue weighted by Crippen LogP contribution is 2.25. The van der Waals surface area contributed by atoms with Crippen molar-refractivity contribution < 1.29 is 9.21 Å². The lowest BCUT2D eigenvalue weighted by Crippen LogP contribution is -2.48. The Bertz CT molecular complexity index is 1010. The van der Waals surface area contributed by atoms with Crippen molar-refractivity contribution in [2.45, 2.75) is 6.54 Å². The number of nitrogens with zero attached hydrogens (tertiary/aromatic N) is 2. The quantitative estimate of drug-likeness (QED) is 0.500. The summed E-state index contributed by atoms with van der Waals surface area (Å²) in [7, 11) is 0. The van der Waals surface area contributed by atoms with Crippen molar-refractivity contribution in [3.8, 4) is 11.3 Å². The van der Waals surface area contributed by atoms with Crippen LogP contribution in [0.25, 0.3) is 11.3 Å². The Morgan fingerprint density at radius 2 is 1.55 bits per heavy atom. The summed E-state index contributed by atoms with van der Waals surface area (Å²) in [6, 6.07) is 16.4. The Morgan fingerprint density at radius 1 is 0.862 bits per heavy atom. The molecule has 150 valence electrons. The molecule has 7 heteroatoms. The summed E-state index contributed by atoms with van der Waals surface area (Å²) >= 11 is 18.2. The van der Waals surface area contributed by atoms with Crippen LogP contribution in [0.5, 0.6) is 0 Å². The first kappa shape index (κ1) is 20.3. The van der Waals surface area contributed by atoms with Gasteiger partial charge in [-0.25, -0.2) is 0 Å². The largest absolute Gasteiger partial charge is 0.451 e. The zero-order valence-corrected chi connectivity index (χ0v) is 17.8. The van der Waals surface area contributed by atoms with Crippen LogP contribution >= 0.6 is 34.8 Å². The maximum Gasteiger partial charge on any atom is 0.289 e. The number of furan rings is 1. The molecule has 0 atom stereocenters. The molecule has 3 aromatic rings. The molecule has 1 fully saturated rings. The van der Waals surface area contributed by atoms with Crippen molar-refractivity contribution in [1.29, 1.82) is 0 Å². The molecule has 0 saturated carbocycles. The molecule has 0 N–H and O–H groups in total. The van der Waals surface area contributed by atoms with Gasteiger partial charge >= 0.3 is 0 Å². The average Bonchev–Trinajstić information content (AvgIpc) is 3.21. The highest BCUT2D eigenvalue weighted by Gasteiger charge is 2.24. The summed E-state index contributed by atoms with van der Waals surface area (Å²) in [5.74, 6) is 0.916. The van der Waals surface area contributed by atoms with E-state index in [0.29, 0.717) is 39.7 Å². The van der Waals surface area contributed by atoms with E-state index >= 15 is 0 Å². The first-order valence-electron chi connectivity index (χ1n) is 9.31. The maximum absolute atomic E-state index is 12.8. The van der Waals surface area contributed by atoms with E-state index in [2.05, 4.69) is 4.90 Å². The Balaban J connectivity index is 1.36. The number of carbonyl (C=O) groups excluding carboxylic acids is 1. The average molecular weight is 450 g/mol. The van der Waals surface area contributed by atoms with Gasteiger partial charge in [-0.2, -0.15) is 0 Å². The molecule has 4 rings (SSSR count). The lowest BCUT2D eigenvalue weighted by molar-refractivity contribution is 0.0598. The van der Waals surface area contributed by atoms with Gasteiger partial charge < -0.3 is 9.32 Å². The van der Waals surface area contributed by atoms with E-state index in [0.717, 1.165) is 30.8 Å². The van der Waals surface area contributed by atoms with E-state index in [-0.39, 0.29) is 5.91 Å². The molecule has 0 unspecified atom stereocenters. The molecule has 0 aliphatic carbocycles. The van der Waals surface area contributed by atoms with Crippen LogP contribution < -0.4 is 0 Å². The van der Waals surface area contributed by atoms with Gasteiger partial charge in [0.2, 0.25) is 0 Å².